The standard InChI is InChI=1S/C13H25NO3/c1-2-11-3-4-13(17)12(9-11)10-14(5-7-15)6-8-16/h11-12,15-16H,2-10H2,1H3. The summed E-state index contributed by atoms with van der Waals surface area (Å²) in [6.45, 7) is 4.12. The van der Waals surface area contributed by atoms with Crippen molar-refractivity contribution >= 4 is 5.78 Å². The van der Waals surface area contributed by atoms with Gasteiger partial charge in [-0.25, -0.2) is 0 Å². The molecule has 0 aliphatic heterocycles. The predicted molar refractivity (Wildman–Crippen MR) is 66.7 cm³/mol. The van der Waals surface area contributed by atoms with Gasteiger partial charge in [-0.2, -0.15) is 0 Å². The van der Waals surface area contributed by atoms with Crippen LogP contribution in [0, 0.1) is 11.8 Å². The number of rotatable bonds is 7. The topological polar surface area (TPSA) is 60.8 Å². The minimum Gasteiger partial charge on any atom is -0.395 e. The number of aliphatic hydroxyl groups excluding tert-OH is 2. The first-order valence-corrected chi connectivity index (χ1v) is 6.68. The fourth-order valence-electron chi connectivity index (χ4n) is 2.64. The first-order valence-electron chi connectivity index (χ1n) is 6.68. The summed E-state index contributed by atoms with van der Waals surface area (Å²) in [5.74, 6) is 1.13. The van der Waals surface area contributed by atoms with E-state index in [2.05, 4.69) is 6.92 Å². The Kier molecular flexibility index (Phi) is 6.70. The highest BCUT2D eigenvalue weighted by Crippen LogP contribution is 2.29. The van der Waals surface area contributed by atoms with Crippen LogP contribution in [-0.2, 0) is 4.79 Å². The maximum absolute atomic E-state index is 11.8. The summed E-state index contributed by atoms with van der Waals surface area (Å²) in [5, 5.41) is 17.9. The highest BCUT2D eigenvalue weighted by Gasteiger charge is 2.28. The molecule has 2 atom stereocenters. The third kappa shape index (κ3) is 4.74. The number of carbonyl (C=O) groups is 1. The molecule has 1 saturated carbocycles. The maximum Gasteiger partial charge on any atom is 0.137 e. The molecule has 0 amide bonds. The van der Waals surface area contributed by atoms with Crippen molar-refractivity contribution < 1.29 is 15.0 Å². The second-order valence-corrected chi connectivity index (χ2v) is 4.96. The Labute approximate surface area is 104 Å². The maximum atomic E-state index is 11.8. The molecule has 100 valence electrons. The smallest absolute Gasteiger partial charge is 0.137 e. The normalized spacial score (nSPS) is 25.5. The summed E-state index contributed by atoms with van der Waals surface area (Å²) in [4.78, 5) is 13.8. The number of carbonyl (C=O) groups excluding carboxylic acids is 1. The van der Waals surface area contributed by atoms with E-state index >= 15 is 0 Å². The van der Waals surface area contributed by atoms with Gasteiger partial charge in [0.25, 0.3) is 0 Å². The van der Waals surface area contributed by atoms with Crippen LogP contribution in [0.5, 0.6) is 0 Å². The van der Waals surface area contributed by atoms with E-state index in [-0.39, 0.29) is 19.1 Å². The van der Waals surface area contributed by atoms with E-state index in [1.165, 1.54) is 0 Å². The lowest BCUT2D eigenvalue weighted by Crippen LogP contribution is -2.39. The zero-order chi connectivity index (χ0) is 12.7. The summed E-state index contributed by atoms with van der Waals surface area (Å²) in [6.07, 6.45) is 3.85. The number of nitrogens with zero attached hydrogens (tertiary/aromatic N) is 1. The van der Waals surface area contributed by atoms with Crippen LogP contribution in [0.1, 0.15) is 32.6 Å². The number of hydrogen-bond acceptors (Lipinski definition) is 4. The van der Waals surface area contributed by atoms with Crippen LogP contribution in [0.15, 0.2) is 0 Å². The van der Waals surface area contributed by atoms with E-state index in [1.54, 1.807) is 0 Å². The van der Waals surface area contributed by atoms with E-state index in [1.807, 2.05) is 4.90 Å². The monoisotopic (exact) mass is 243 g/mol. The molecule has 1 aliphatic carbocycles. The molecular formula is C13H25NO3. The highest BCUT2D eigenvalue weighted by atomic mass is 16.3. The third-order valence-corrected chi connectivity index (χ3v) is 3.76. The molecule has 0 heterocycles. The molecule has 0 radical (unpaired) electrons. The van der Waals surface area contributed by atoms with E-state index in [0.717, 1.165) is 19.3 Å². The zero-order valence-electron chi connectivity index (χ0n) is 10.8. The van der Waals surface area contributed by atoms with Gasteiger partial charge in [0.05, 0.1) is 13.2 Å². The van der Waals surface area contributed by atoms with Gasteiger partial charge in [-0.3, -0.25) is 9.69 Å². The molecule has 4 nitrogen and oxygen atoms in total. The lowest BCUT2D eigenvalue weighted by Gasteiger charge is -2.31. The molecule has 0 aromatic carbocycles. The van der Waals surface area contributed by atoms with Crippen LogP contribution in [0.3, 0.4) is 0 Å². The van der Waals surface area contributed by atoms with E-state index in [4.69, 9.17) is 10.2 Å². The Morgan fingerprint density at radius 1 is 1.29 bits per heavy atom. The SMILES string of the molecule is CCC1CCC(=O)C(CN(CCO)CCO)C1. The van der Waals surface area contributed by atoms with E-state index < -0.39 is 0 Å². The molecule has 0 aromatic heterocycles. The van der Waals surface area contributed by atoms with Crippen molar-refractivity contribution in [2.75, 3.05) is 32.8 Å². The number of Topliss-reactive ketones (excluding diaryl/α,β-unsaturated/α-hetero) is 1. The van der Waals surface area contributed by atoms with Crippen molar-refractivity contribution in [3.05, 3.63) is 0 Å². The molecule has 1 aliphatic rings. The van der Waals surface area contributed by atoms with Gasteiger partial charge in [0.15, 0.2) is 0 Å². The first-order chi connectivity index (χ1) is 8.21. The number of aliphatic hydroxyl groups is 2. The van der Waals surface area contributed by atoms with Crippen LogP contribution in [0.2, 0.25) is 0 Å². The molecule has 4 heteroatoms. The van der Waals surface area contributed by atoms with Gasteiger partial charge in [-0.05, 0) is 18.8 Å². The minimum absolute atomic E-state index is 0.0815. The third-order valence-electron chi connectivity index (χ3n) is 3.76. The molecule has 2 unspecified atom stereocenters. The molecule has 0 aromatic rings. The summed E-state index contributed by atoms with van der Waals surface area (Å²) in [5.41, 5.74) is 0. The quantitative estimate of drug-likeness (QED) is 0.690. The van der Waals surface area contributed by atoms with Crippen molar-refractivity contribution in [1.82, 2.24) is 4.90 Å². The summed E-state index contributed by atoms with van der Waals surface area (Å²) in [6, 6.07) is 0. The van der Waals surface area contributed by atoms with Crippen LogP contribution in [0.25, 0.3) is 0 Å². The summed E-state index contributed by atoms with van der Waals surface area (Å²) in [7, 11) is 0. The Balaban J connectivity index is 2.47. The molecule has 17 heavy (non-hydrogen) atoms. The van der Waals surface area contributed by atoms with Gasteiger partial charge in [0, 0.05) is 32.0 Å². The van der Waals surface area contributed by atoms with Gasteiger partial charge in [-0.15, -0.1) is 0 Å². The summed E-state index contributed by atoms with van der Waals surface area (Å²) < 4.78 is 0. The van der Waals surface area contributed by atoms with Crippen molar-refractivity contribution in [3.8, 4) is 0 Å². The Bertz CT molecular complexity index is 227. The fourth-order valence-corrected chi connectivity index (χ4v) is 2.64. The van der Waals surface area contributed by atoms with Crippen molar-refractivity contribution in [2.45, 2.75) is 32.6 Å². The molecular weight excluding hydrogens is 218 g/mol. The lowest BCUT2D eigenvalue weighted by atomic mass is 9.79. The zero-order valence-corrected chi connectivity index (χ0v) is 10.8. The van der Waals surface area contributed by atoms with Gasteiger partial charge >= 0.3 is 0 Å². The van der Waals surface area contributed by atoms with Crippen LogP contribution >= 0.6 is 0 Å². The fraction of sp³-hybridized carbons (Fsp3) is 0.923. The van der Waals surface area contributed by atoms with Crippen LogP contribution in [0.4, 0.5) is 0 Å². The average molecular weight is 243 g/mol. The Hall–Kier alpha value is -0.450. The molecule has 0 bridgehead atoms. The van der Waals surface area contributed by atoms with E-state index in [0.29, 0.717) is 37.8 Å². The molecule has 1 rings (SSSR count). The van der Waals surface area contributed by atoms with Gasteiger partial charge in [0.2, 0.25) is 0 Å². The number of hydrogen-bond donors (Lipinski definition) is 2. The number of ketones is 1. The first kappa shape index (κ1) is 14.6. The molecule has 0 saturated heterocycles. The van der Waals surface area contributed by atoms with E-state index in [9.17, 15) is 4.79 Å². The van der Waals surface area contributed by atoms with Crippen molar-refractivity contribution in [2.24, 2.45) is 11.8 Å². The second kappa shape index (κ2) is 7.80. The average Bonchev–Trinajstić information content (AvgIpc) is 2.32. The van der Waals surface area contributed by atoms with Crippen molar-refractivity contribution in [3.63, 3.8) is 0 Å². The van der Waals surface area contributed by atoms with Crippen LogP contribution in [-0.4, -0.2) is 53.7 Å². The summed E-state index contributed by atoms with van der Waals surface area (Å²) >= 11 is 0. The van der Waals surface area contributed by atoms with Crippen LogP contribution < -0.4 is 0 Å². The largest absolute Gasteiger partial charge is 0.395 e. The van der Waals surface area contributed by atoms with Gasteiger partial charge in [-0.1, -0.05) is 13.3 Å². The predicted octanol–water partition coefficient (Wildman–Crippen LogP) is 0.668. The highest BCUT2D eigenvalue weighted by molar-refractivity contribution is 5.81. The van der Waals surface area contributed by atoms with Gasteiger partial charge < -0.3 is 10.2 Å². The second-order valence-electron chi connectivity index (χ2n) is 4.96. The Morgan fingerprint density at radius 2 is 1.94 bits per heavy atom. The molecule has 1 fully saturated rings. The molecule has 0 spiro atoms. The van der Waals surface area contributed by atoms with Crippen molar-refractivity contribution in [1.29, 1.82) is 0 Å². The minimum atomic E-state index is 0.0815. The lowest BCUT2D eigenvalue weighted by molar-refractivity contribution is -0.126. The van der Waals surface area contributed by atoms with Gasteiger partial charge in [0.1, 0.15) is 5.78 Å². The Morgan fingerprint density at radius 3 is 2.47 bits per heavy atom. The molecule has 2 N–H and O–H groups in total.